The van der Waals surface area contributed by atoms with E-state index in [-0.39, 0.29) is 5.82 Å². The van der Waals surface area contributed by atoms with Crippen molar-refractivity contribution in [3.8, 4) is 11.8 Å². The Balaban J connectivity index is 2.81. The highest BCUT2D eigenvalue weighted by molar-refractivity contribution is 9.10. The number of rotatable bonds is 1. The zero-order chi connectivity index (χ0) is 9.68. The molecule has 1 aromatic rings. The molecule has 0 aliphatic carbocycles. The molecule has 13 heavy (non-hydrogen) atoms. The number of nitrogens with one attached hydrogen (secondary N) is 1. The highest BCUT2D eigenvalue weighted by Gasteiger charge is 1.97. The van der Waals surface area contributed by atoms with Gasteiger partial charge < -0.3 is 5.32 Å². The topological polar surface area (TPSA) is 12.0 Å². The Labute approximate surface area is 85.5 Å². The maximum atomic E-state index is 13.0. The van der Waals surface area contributed by atoms with Crippen LogP contribution in [0.3, 0.4) is 0 Å². The van der Waals surface area contributed by atoms with Gasteiger partial charge in [-0.05, 0) is 41.2 Å². The van der Waals surface area contributed by atoms with Crippen molar-refractivity contribution < 1.29 is 4.39 Å². The number of halogens is 2. The molecule has 1 nitrogen and oxygen atoms in total. The first-order valence-corrected chi connectivity index (χ1v) is 4.62. The first-order valence-electron chi connectivity index (χ1n) is 3.82. The van der Waals surface area contributed by atoms with Crippen molar-refractivity contribution in [2.24, 2.45) is 0 Å². The smallest absolute Gasteiger partial charge is 0.138 e. The zero-order valence-corrected chi connectivity index (χ0v) is 8.78. The first kappa shape index (κ1) is 10.2. The molecule has 0 saturated heterocycles. The summed E-state index contributed by atoms with van der Waals surface area (Å²) in [6.45, 7) is 0.609. The highest BCUT2D eigenvalue weighted by Crippen LogP contribution is 2.15. The molecule has 0 aromatic heterocycles. The lowest BCUT2D eigenvalue weighted by atomic mass is 10.2. The van der Waals surface area contributed by atoms with Gasteiger partial charge in [0.1, 0.15) is 5.82 Å². The van der Waals surface area contributed by atoms with Crippen LogP contribution in [0.25, 0.3) is 0 Å². The highest BCUT2D eigenvalue weighted by atomic mass is 79.9. The van der Waals surface area contributed by atoms with Gasteiger partial charge in [-0.2, -0.15) is 0 Å². The Kier molecular flexibility index (Phi) is 3.94. The molecule has 1 rings (SSSR count). The minimum Gasteiger partial charge on any atom is -0.309 e. The third-order valence-electron chi connectivity index (χ3n) is 1.42. The maximum absolute atomic E-state index is 13.0. The van der Waals surface area contributed by atoms with Gasteiger partial charge in [-0.25, -0.2) is 4.39 Å². The molecular weight excluding hydrogens is 233 g/mol. The van der Waals surface area contributed by atoms with E-state index in [1.807, 2.05) is 7.05 Å². The molecule has 68 valence electrons. The molecule has 0 heterocycles. The average Bonchev–Trinajstić information content (AvgIpc) is 2.12. The Hall–Kier alpha value is -0.850. The van der Waals surface area contributed by atoms with E-state index in [0.29, 0.717) is 16.6 Å². The van der Waals surface area contributed by atoms with E-state index in [0.717, 1.165) is 0 Å². The van der Waals surface area contributed by atoms with Gasteiger partial charge in [0.15, 0.2) is 0 Å². The second-order valence-electron chi connectivity index (χ2n) is 2.46. The van der Waals surface area contributed by atoms with Crippen LogP contribution in [0.4, 0.5) is 4.39 Å². The van der Waals surface area contributed by atoms with E-state index in [1.165, 1.54) is 6.07 Å². The minimum atomic E-state index is -0.281. The van der Waals surface area contributed by atoms with Gasteiger partial charge in [0, 0.05) is 5.56 Å². The summed E-state index contributed by atoms with van der Waals surface area (Å²) in [6.07, 6.45) is 0. The standard InChI is InChI=1S/C10H9BrFN/c1-13-6-2-3-8-4-5-9(11)10(12)7-8/h4-5,7,13H,6H2,1H3. The molecule has 0 aliphatic rings. The SMILES string of the molecule is CNCC#Cc1ccc(Br)c(F)c1. The van der Waals surface area contributed by atoms with E-state index in [2.05, 4.69) is 33.1 Å². The Bertz CT molecular complexity index is 352. The van der Waals surface area contributed by atoms with Crippen molar-refractivity contribution in [1.82, 2.24) is 5.32 Å². The molecule has 0 radical (unpaired) electrons. The Morgan fingerprint density at radius 1 is 1.54 bits per heavy atom. The summed E-state index contributed by atoms with van der Waals surface area (Å²) in [7, 11) is 1.82. The fourth-order valence-electron chi connectivity index (χ4n) is 0.809. The van der Waals surface area contributed by atoms with Gasteiger partial charge in [-0.3, -0.25) is 0 Å². The van der Waals surface area contributed by atoms with Gasteiger partial charge in [-0.1, -0.05) is 11.8 Å². The predicted octanol–water partition coefficient (Wildman–Crippen LogP) is 2.16. The van der Waals surface area contributed by atoms with E-state index in [4.69, 9.17) is 0 Å². The van der Waals surface area contributed by atoms with Crippen LogP contribution in [0.2, 0.25) is 0 Å². The average molecular weight is 242 g/mol. The van der Waals surface area contributed by atoms with Gasteiger partial charge in [0.05, 0.1) is 11.0 Å². The lowest BCUT2D eigenvalue weighted by Crippen LogP contribution is -2.04. The van der Waals surface area contributed by atoms with Gasteiger partial charge in [0.2, 0.25) is 0 Å². The van der Waals surface area contributed by atoms with Crippen molar-refractivity contribution in [3.05, 3.63) is 34.1 Å². The monoisotopic (exact) mass is 241 g/mol. The number of hydrogen-bond donors (Lipinski definition) is 1. The Morgan fingerprint density at radius 3 is 2.92 bits per heavy atom. The summed E-state index contributed by atoms with van der Waals surface area (Å²) in [5.41, 5.74) is 0.691. The molecule has 0 spiro atoms. The van der Waals surface area contributed by atoms with Crippen molar-refractivity contribution in [1.29, 1.82) is 0 Å². The van der Waals surface area contributed by atoms with Gasteiger partial charge in [-0.15, -0.1) is 0 Å². The van der Waals surface area contributed by atoms with E-state index in [1.54, 1.807) is 12.1 Å². The van der Waals surface area contributed by atoms with Crippen molar-refractivity contribution >= 4 is 15.9 Å². The fourth-order valence-corrected chi connectivity index (χ4v) is 1.06. The van der Waals surface area contributed by atoms with Crippen LogP contribution in [0.1, 0.15) is 5.56 Å². The van der Waals surface area contributed by atoms with Crippen LogP contribution >= 0.6 is 15.9 Å². The van der Waals surface area contributed by atoms with E-state index >= 15 is 0 Å². The van der Waals surface area contributed by atoms with Crippen LogP contribution in [0.15, 0.2) is 22.7 Å². The summed E-state index contributed by atoms with van der Waals surface area (Å²) < 4.78 is 13.4. The van der Waals surface area contributed by atoms with E-state index in [9.17, 15) is 4.39 Å². The number of benzene rings is 1. The summed E-state index contributed by atoms with van der Waals surface area (Å²) in [4.78, 5) is 0. The summed E-state index contributed by atoms with van der Waals surface area (Å²) in [6, 6.07) is 4.83. The number of hydrogen-bond acceptors (Lipinski definition) is 1. The quantitative estimate of drug-likeness (QED) is 0.744. The molecule has 0 bridgehead atoms. The predicted molar refractivity (Wildman–Crippen MR) is 54.9 cm³/mol. The second-order valence-corrected chi connectivity index (χ2v) is 3.32. The maximum Gasteiger partial charge on any atom is 0.138 e. The van der Waals surface area contributed by atoms with Gasteiger partial charge in [0.25, 0.3) is 0 Å². The Morgan fingerprint density at radius 2 is 2.31 bits per heavy atom. The molecule has 0 amide bonds. The third-order valence-corrected chi connectivity index (χ3v) is 2.06. The molecule has 0 saturated carbocycles. The zero-order valence-electron chi connectivity index (χ0n) is 7.20. The largest absolute Gasteiger partial charge is 0.309 e. The third kappa shape index (κ3) is 3.17. The molecular formula is C10H9BrFN. The first-order chi connectivity index (χ1) is 6.24. The summed E-state index contributed by atoms with van der Waals surface area (Å²) in [5, 5.41) is 2.89. The molecule has 0 fully saturated rings. The summed E-state index contributed by atoms with van der Waals surface area (Å²) >= 11 is 3.08. The molecule has 1 aromatic carbocycles. The van der Waals surface area contributed by atoms with Crippen molar-refractivity contribution in [2.45, 2.75) is 0 Å². The van der Waals surface area contributed by atoms with Gasteiger partial charge >= 0.3 is 0 Å². The molecule has 0 atom stereocenters. The fraction of sp³-hybridized carbons (Fsp3) is 0.200. The van der Waals surface area contributed by atoms with Crippen LogP contribution in [-0.2, 0) is 0 Å². The lowest BCUT2D eigenvalue weighted by Gasteiger charge is -1.93. The minimum absolute atomic E-state index is 0.281. The van der Waals surface area contributed by atoms with Crippen LogP contribution in [0.5, 0.6) is 0 Å². The van der Waals surface area contributed by atoms with Crippen LogP contribution in [0, 0.1) is 17.7 Å². The lowest BCUT2D eigenvalue weighted by molar-refractivity contribution is 0.620. The van der Waals surface area contributed by atoms with Crippen LogP contribution < -0.4 is 5.32 Å². The molecule has 0 unspecified atom stereocenters. The molecule has 3 heteroatoms. The van der Waals surface area contributed by atoms with E-state index < -0.39 is 0 Å². The second kappa shape index (κ2) is 5.00. The molecule has 1 N–H and O–H groups in total. The summed E-state index contributed by atoms with van der Waals surface area (Å²) in [5.74, 6) is 5.41. The van der Waals surface area contributed by atoms with Crippen molar-refractivity contribution in [3.63, 3.8) is 0 Å². The van der Waals surface area contributed by atoms with Crippen molar-refractivity contribution in [2.75, 3.05) is 13.6 Å². The normalized spacial score (nSPS) is 9.15. The molecule has 0 aliphatic heterocycles. The van der Waals surface area contributed by atoms with Crippen LogP contribution in [-0.4, -0.2) is 13.6 Å².